The Morgan fingerprint density at radius 3 is 2.50 bits per heavy atom. The molecule has 0 spiro atoms. The van der Waals surface area contributed by atoms with E-state index < -0.39 is 10.8 Å². The van der Waals surface area contributed by atoms with Crippen LogP contribution in [0.5, 0.6) is 5.75 Å². The molecular formula is C12H14O3S. The van der Waals surface area contributed by atoms with Gasteiger partial charge < -0.3 is 4.74 Å². The van der Waals surface area contributed by atoms with Gasteiger partial charge in [-0.05, 0) is 31.2 Å². The van der Waals surface area contributed by atoms with Gasteiger partial charge in [0.15, 0.2) is 5.78 Å². The number of carbonyl (C=O) groups excluding carboxylic acids is 1. The van der Waals surface area contributed by atoms with Gasteiger partial charge in [0, 0.05) is 22.6 Å². The SMILES string of the molecule is C/C=C\Oc1ccc(C(=O)CS(C)=O)cc1. The molecule has 0 fully saturated rings. The Morgan fingerprint density at radius 1 is 1.38 bits per heavy atom. The number of carbonyl (C=O) groups is 1. The van der Waals surface area contributed by atoms with Crippen LogP contribution in [0, 0.1) is 0 Å². The summed E-state index contributed by atoms with van der Waals surface area (Å²) in [5.74, 6) is 0.625. The zero-order chi connectivity index (χ0) is 12.0. The summed E-state index contributed by atoms with van der Waals surface area (Å²) in [7, 11) is -1.10. The summed E-state index contributed by atoms with van der Waals surface area (Å²) in [5.41, 5.74) is 0.558. The number of hydrogen-bond acceptors (Lipinski definition) is 3. The van der Waals surface area contributed by atoms with Crippen molar-refractivity contribution in [2.24, 2.45) is 0 Å². The molecule has 0 aliphatic heterocycles. The lowest BCUT2D eigenvalue weighted by Gasteiger charge is -2.02. The fourth-order valence-electron chi connectivity index (χ4n) is 1.13. The van der Waals surface area contributed by atoms with Gasteiger partial charge in [-0.15, -0.1) is 0 Å². The van der Waals surface area contributed by atoms with Crippen molar-refractivity contribution in [1.29, 1.82) is 0 Å². The number of rotatable bonds is 5. The van der Waals surface area contributed by atoms with Crippen molar-refractivity contribution in [3.63, 3.8) is 0 Å². The first-order valence-corrected chi connectivity index (χ1v) is 6.57. The van der Waals surface area contributed by atoms with Crippen LogP contribution in [-0.2, 0) is 10.8 Å². The molecular weight excluding hydrogens is 224 g/mol. The molecule has 16 heavy (non-hydrogen) atoms. The molecule has 0 aliphatic carbocycles. The van der Waals surface area contributed by atoms with E-state index in [0.717, 1.165) is 0 Å². The Labute approximate surface area is 97.6 Å². The quantitative estimate of drug-likeness (QED) is 0.583. The largest absolute Gasteiger partial charge is 0.465 e. The first-order chi connectivity index (χ1) is 7.63. The number of ketones is 1. The predicted octanol–water partition coefficient (Wildman–Crippen LogP) is 2.16. The molecule has 0 bridgehead atoms. The number of allylic oxidation sites excluding steroid dienone is 1. The molecule has 0 aromatic heterocycles. The second kappa shape index (κ2) is 6.23. The maximum absolute atomic E-state index is 11.5. The van der Waals surface area contributed by atoms with Crippen LogP contribution < -0.4 is 4.74 Å². The highest BCUT2D eigenvalue weighted by Crippen LogP contribution is 2.13. The molecule has 0 aliphatic rings. The Hall–Kier alpha value is -1.42. The summed E-state index contributed by atoms with van der Waals surface area (Å²) in [6, 6.07) is 6.78. The first-order valence-electron chi connectivity index (χ1n) is 4.84. The average Bonchev–Trinajstić information content (AvgIpc) is 2.26. The van der Waals surface area contributed by atoms with Gasteiger partial charge in [0.2, 0.25) is 0 Å². The molecule has 0 radical (unpaired) electrons. The lowest BCUT2D eigenvalue weighted by Crippen LogP contribution is -2.09. The summed E-state index contributed by atoms with van der Waals surface area (Å²) in [6.45, 7) is 1.86. The topological polar surface area (TPSA) is 43.4 Å². The van der Waals surface area contributed by atoms with Gasteiger partial charge in [-0.1, -0.05) is 6.08 Å². The van der Waals surface area contributed by atoms with Crippen LogP contribution in [0.2, 0.25) is 0 Å². The average molecular weight is 238 g/mol. The van der Waals surface area contributed by atoms with E-state index in [1.807, 2.05) is 6.92 Å². The summed E-state index contributed by atoms with van der Waals surface area (Å²) < 4.78 is 16.1. The third-order valence-corrected chi connectivity index (χ3v) is 2.52. The van der Waals surface area contributed by atoms with Gasteiger partial charge >= 0.3 is 0 Å². The molecule has 3 nitrogen and oxygen atoms in total. The highest BCUT2D eigenvalue weighted by Gasteiger charge is 2.07. The highest BCUT2D eigenvalue weighted by atomic mass is 32.2. The summed E-state index contributed by atoms with van der Waals surface area (Å²) in [6.07, 6.45) is 4.86. The van der Waals surface area contributed by atoms with Gasteiger partial charge in [0.05, 0.1) is 12.0 Å². The second-order valence-corrected chi connectivity index (χ2v) is 4.69. The standard InChI is InChI=1S/C12H14O3S/c1-3-8-15-11-6-4-10(5-7-11)12(13)9-16(2)14/h3-8H,9H2,1-2H3/b8-3-. The Balaban J connectivity index is 2.70. The predicted molar refractivity (Wildman–Crippen MR) is 65.1 cm³/mol. The Morgan fingerprint density at radius 2 is 2.00 bits per heavy atom. The van der Waals surface area contributed by atoms with Crippen molar-refractivity contribution in [3.8, 4) is 5.75 Å². The molecule has 1 rings (SSSR count). The van der Waals surface area contributed by atoms with Crippen LogP contribution in [-0.4, -0.2) is 22.0 Å². The minimum atomic E-state index is -1.10. The lowest BCUT2D eigenvalue weighted by molar-refractivity contribution is 0.102. The monoisotopic (exact) mass is 238 g/mol. The van der Waals surface area contributed by atoms with E-state index in [4.69, 9.17) is 4.74 Å². The fourth-order valence-corrected chi connectivity index (χ4v) is 1.67. The normalized spacial score (nSPS) is 12.6. The Kier molecular flexibility index (Phi) is 4.92. The van der Waals surface area contributed by atoms with Crippen molar-refractivity contribution < 1.29 is 13.7 Å². The number of Topliss-reactive ketones (excluding diaryl/α,β-unsaturated/α-hetero) is 1. The van der Waals surface area contributed by atoms with E-state index in [0.29, 0.717) is 11.3 Å². The van der Waals surface area contributed by atoms with Crippen molar-refractivity contribution in [2.75, 3.05) is 12.0 Å². The molecule has 86 valence electrons. The minimum Gasteiger partial charge on any atom is -0.465 e. The summed E-state index contributed by atoms with van der Waals surface area (Å²) in [5, 5.41) is 0. The maximum atomic E-state index is 11.5. The van der Waals surface area contributed by atoms with E-state index in [-0.39, 0.29) is 11.5 Å². The van der Waals surface area contributed by atoms with E-state index in [2.05, 4.69) is 0 Å². The van der Waals surface area contributed by atoms with Crippen molar-refractivity contribution in [2.45, 2.75) is 6.92 Å². The second-order valence-electron chi connectivity index (χ2n) is 3.25. The number of benzene rings is 1. The van der Waals surface area contributed by atoms with Crippen LogP contribution in [0.1, 0.15) is 17.3 Å². The molecule has 1 aromatic rings. The van der Waals surface area contributed by atoms with Gasteiger partial charge in [-0.2, -0.15) is 0 Å². The molecule has 1 atom stereocenters. The van der Waals surface area contributed by atoms with Crippen LogP contribution in [0.4, 0.5) is 0 Å². The Bertz CT molecular complexity index is 407. The molecule has 1 unspecified atom stereocenters. The van der Waals surface area contributed by atoms with Crippen molar-refractivity contribution in [1.82, 2.24) is 0 Å². The van der Waals surface area contributed by atoms with E-state index in [1.54, 1.807) is 36.6 Å². The van der Waals surface area contributed by atoms with E-state index in [1.165, 1.54) is 6.26 Å². The van der Waals surface area contributed by atoms with Crippen LogP contribution in [0.3, 0.4) is 0 Å². The van der Waals surface area contributed by atoms with E-state index >= 15 is 0 Å². The highest BCUT2D eigenvalue weighted by molar-refractivity contribution is 7.85. The first kappa shape index (κ1) is 12.6. The number of hydrogen-bond donors (Lipinski definition) is 0. The van der Waals surface area contributed by atoms with Crippen LogP contribution >= 0.6 is 0 Å². The lowest BCUT2D eigenvalue weighted by atomic mass is 10.1. The van der Waals surface area contributed by atoms with Crippen molar-refractivity contribution >= 4 is 16.6 Å². The molecule has 0 saturated heterocycles. The van der Waals surface area contributed by atoms with Gasteiger partial charge in [0.1, 0.15) is 5.75 Å². The molecule has 0 N–H and O–H groups in total. The summed E-state index contributed by atoms with van der Waals surface area (Å²) in [4.78, 5) is 11.5. The fraction of sp³-hybridized carbons (Fsp3) is 0.250. The van der Waals surface area contributed by atoms with Crippen molar-refractivity contribution in [3.05, 3.63) is 42.2 Å². The van der Waals surface area contributed by atoms with Gasteiger partial charge in [0.25, 0.3) is 0 Å². The van der Waals surface area contributed by atoms with Crippen LogP contribution in [0.25, 0.3) is 0 Å². The molecule has 0 amide bonds. The molecule has 0 saturated carbocycles. The maximum Gasteiger partial charge on any atom is 0.175 e. The van der Waals surface area contributed by atoms with Gasteiger partial charge in [-0.3, -0.25) is 9.00 Å². The van der Waals surface area contributed by atoms with Crippen LogP contribution in [0.15, 0.2) is 36.6 Å². The minimum absolute atomic E-state index is 0.0646. The molecule has 4 heteroatoms. The zero-order valence-corrected chi connectivity index (χ0v) is 10.1. The smallest absolute Gasteiger partial charge is 0.175 e. The van der Waals surface area contributed by atoms with Gasteiger partial charge in [-0.25, -0.2) is 0 Å². The third-order valence-electron chi connectivity index (χ3n) is 1.85. The molecule has 0 heterocycles. The third kappa shape index (κ3) is 3.98. The number of ether oxygens (including phenoxy) is 1. The zero-order valence-electron chi connectivity index (χ0n) is 9.30. The molecule has 1 aromatic carbocycles. The summed E-state index contributed by atoms with van der Waals surface area (Å²) >= 11 is 0. The van der Waals surface area contributed by atoms with E-state index in [9.17, 15) is 9.00 Å².